The van der Waals surface area contributed by atoms with Crippen LogP contribution in [0.15, 0.2) is 24.4 Å². The highest BCUT2D eigenvalue weighted by atomic mass is 32.2. The van der Waals surface area contributed by atoms with Crippen molar-refractivity contribution in [2.45, 2.75) is 37.1 Å². The van der Waals surface area contributed by atoms with Crippen LogP contribution < -0.4 is 5.32 Å². The minimum Gasteiger partial charge on any atom is -0.354 e. The fourth-order valence-electron chi connectivity index (χ4n) is 2.99. The molecule has 1 aromatic heterocycles. The normalized spacial score (nSPS) is 27.8. The van der Waals surface area contributed by atoms with Gasteiger partial charge in [0.2, 0.25) is 11.8 Å². The van der Waals surface area contributed by atoms with Gasteiger partial charge in [0.05, 0.1) is 4.87 Å². The Labute approximate surface area is 128 Å². The maximum atomic E-state index is 12.3. The number of fused-ring (bicyclic) bond motifs is 1. The number of amides is 2. The number of carbonyl (C=O) groups excluding carboxylic acids is 2. The van der Waals surface area contributed by atoms with Gasteiger partial charge in [0.15, 0.2) is 0 Å². The van der Waals surface area contributed by atoms with Crippen molar-refractivity contribution in [3.05, 3.63) is 30.1 Å². The summed E-state index contributed by atoms with van der Waals surface area (Å²) in [6, 6.07) is 5.43. The number of thioether (sulfide) groups is 1. The first-order valence-electron chi connectivity index (χ1n) is 7.24. The van der Waals surface area contributed by atoms with Crippen LogP contribution in [-0.2, 0) is 16.0 Å². The van der Waals surface area contributed by atoms with E-state index < -0.39 is 0 Å². The lowest BCUT2D eigenvalue weighted by Gasteiger charge is -2.29. The molecule has 1 aromatic rings. The van der Waals surface area contributed by atoms with Gasteiger partial charge in [0, 0.05) is 37.0 Å². The lowest BCUT2D eigenvalue weighted by Crippen LogP contribution is -2.50. The molecule has 21 heavy (non-hydrogen) atoms. The van der Waals surface area contributed by atoms with Crippen LogP contribution >= 0.6 is 11.8 Å². The van der Waals surface area contributed by atoms with Gasteiger partial charge in [-0.3, -0.25) is 14.6 Å². The van der Waals surface area contributed by atoms with E-state index in [9.17, 15) is 9.59 Å². The van der Waals surface area contributed by atoms with Crippen LogP contribution in [0, 0.1) is 0 Å². The minimum atomic E-state index is -0.321. The second-order valence-electron chi connectivity index (χ2n) is 5.63. The topological polar surface area (TPSA) is 62.3 Å². The monoisotopic (exact) mass is 305 g/mol. The van der Waals surface area contributed by atoms with Crippen LogP contribution in [-0.4, -0.2) is 44.9 Å². The maximum Gasteiger partial charge on any atom is 0.243 e. The molecule has 0 saturated carbocycles. The van der Waals surface area contributed by atoms with E-state index in [2.05, 4.69) is 17.2 Å². The average Bonchev–Trinajstić information content (AvgIpc) is 2.97. The van der Waals surface area contributed by atoms with Gasteiger partial charge in [-0.1, -0.05) is 6.07 Å². The number of pyridine rings is 1. The van der Waals surface area contributed by atoms with Crippen molar-refractivity contribution in [1.82, 2.24) is 15.2 Å². The molecule has 0 unspecified atom stereocenters. The van der Waals surface area contributed by atoms with Gasteiger partial charge >= 0.3 is 0 Å². The fraction of sp³-hybridized carbons (Fsp3) is 0.533. The molecule has 0 aliphatic carbocycles. The van der Waals surface area contributed by atoms with Gasteiger partial charge in [-0.25, -0.2) is 0 Å². The Bertz CT molecular complexity index is 551. The molecule has 2 amide bonds. The molecule has 2 atom stereocenters. The molecule has 0 spiro atoms. The third-order valence-corrected chi connectivity index (χ3v) is 5.66. The smallest absolute Gasteiger partial charge is 0.243 e. The molecule has 3 heterocycles. The maximum absolute atomic E-state index is 12.3. The lowest BCUT2D eigenvalue weighted by molar-refractivity contribution is -0.137. The summed E-state index contributed by atoms with van der Waals surface area (Å²) in [5.74, 6) is 0.752. The van der Waals surface area contributed by atoms with Crippen molar-refractivity contribution in [3.63, 3.8) is 0 Å². The Kier molecular flexibility index (Phi) is 3.89. The molecule has 2 fully saturated rings. The Morgan fingerprint density at radius 1 is 1.57 bits per heavy atom. The summed E-state index contributed by atoms with van der Waals surface area (Å²) in [5.41, 5.74) is 0.959. The van der Waals surface area contributed by atoms with Crippen molar-refractivity contribution in [2.24, 2.45) is 0 Å². The van der Waals surface area contributed by atoms with E-state index in [1.165, 1.54) is 0 Å². The molecule has 1 N–H and O–H groups in total. The summed E-state index contributed by atoms with van der Waals surface area (Å²) in [5, 5.41) is 2.94. The van der Waals surface area contributed by atoms with Gasteiger partial charge in [-0.2, -0.15) is 0 Å². The SMILES string of the molecule is C[C@]12CCC(=O)N1[C@H](C(=O)NCCc1ccccn1)CS2. The van der Waals surface area contributed by atoms with Crippen LogP contribution in [0.5, 0.6) is 0 Å². The Balaban J connectivity index is 1.55. The van der Waals surface area contributed by atoms with Crippen LogP contribution in [0.4, 0.5) is 0 Å². The average molecular weight is 305 g/mol. The summed E-state index contributed by atoms with van der Waals surface area (Å²) in [6.45, 7) is 2.61. The Morgan fingerprint density at radius 2 is 2.43 bits per heavy atom. The summed E-state index contributed by atoms with van der Waals surface area (Å²) >= 11 is 1.72. The van der Waals surface area contributed by atoms with Crippen molar-refractivity contribution < 1.29 is 9.59 Å². The molecule has 6 heteroatoms. The van der Waals surface area contributed by atoms with E-state index in [-0.39, 0.29) is 22.7 Å². The number of aromatic nitrogens is 1. The number of hydrogen-bond acceptors (Lipinski definition) is 4. The summed E-state index contributed by atoms with van der Waals surface area (Å²) in [6.07, 6.45) is 3.85. The van der Waals surface area contributed by atoms with E-state index >= 15 is 0 Å². The molecule has 5 nitrogen and oxygen atoms in total. The first kappa shape index (κ1) is 14.4. The molecule has 112 valence electrons. The number of nitrogens with one attached hydrogen (secondary N) is 1. The largest absolute Gasteiger partial charge is 0.354 e. The third kappa shape index (κ3) is 2.77. The number of carbonyl (C=O) groups is 2. The van der Waals surface area contributed by atoms with Crippen molar-refractivity contribution in [2.75, 3.05) is 12.3 Å². The third-order valence-electron chi connectivity index (χ3n) is 4.15. The highest BCUT2D eigenvalue weighted by molar-refractivity contribution is 8.01. The molecule has 0 aromatic carbocycles. The van der Waals surface area contributed by atoms with E-state index in [1.807, 2.05) is 18.2 Å². The zero-order valence-electron chi connectivity index (χ0n) is 12.0. The molecular formula is C15H19N3O2S. The zero-order chi connectivity index (χ0) is 14.9. The minimum absolute atomic E-state index is 0.0441. The highest BCUT2D eigenvalue weighted by Gasteiger charge is 2.52. The molecule has 0 bridgehead atoms. The van der Waals surface area contributed by atoms with E-state index in [4.69, 9.17) is 0 Å². The predicted molar refractivity (Wildman–Crippen MR) is 81.7 cm³/mol. The fourth-order valence-corrected chi connectivity index (χ4v) is 4.42. The van der Waals surface area contributed by atoms with E-state index in [0.717, 1.165) is 12.1 Å². The molecule has 2 saturated heterocycles. The van der Waals surface area contributed by atoms with Crippen molar-refractivity contribution in [1.29, 1.82) is 0 Å². The van der Waals surface area contributed by atoms with E-state index in [1.54, 1.807) is 22.9 Å². The van der Waals surface area contributed by atoms with Crippen LogP contribution in [0.25, 0.3) is 0 Å². The van der Waals surface area contributed by atoms with Crippen LogP contribution in [0.1, 0.15) is 25.5 Å². The first-order valence-corrected chi connectivity index (χ1v) is 8.22. The van der Waals surface area contributed by atoms with Gasteiger partial charge in [-0.15, -0.1) is 11.8 Å². The second-order valence-corrected chi connectivity index (χ2v) is 7.13. The lowest BCUT2D eigenvalue weighted by atomic mass is 10.2. The summed E-state index contributed by atoms with van der Waals surface area (Å²) in [4.78, 5) is 30.2. The first-order chi connectivity index (χ1) is 10.1. The Hall–Kier alpha value is -1.56. The van der Waals surface area contributed by atoms with E-state index in [0.29, 0.717) is 25.1 Å². The van der Waals surface area contributed by atoms with Crippen LogP contribution in [0.3, 0.4) is 0 Å². The number of rotatable bonds is 4. The summed E-state index contributed by atoms with van der Waals surface area (Å²) < 4.78 is 0. The predicted octanol–water partition coefficient (Wildman–Crippen LogP) is 1.19. The molecular weight excluding hydrogens is 286 g/mol. The number of hydrogen-bond donors (Lipinski definition) is 1. The molecule has 2 aliphatic rings. The second kappa shape index (κ2) is 5.67. The van der Waals surface area contributed by atoms with Gasteiger partial charge in [0.25, 0.3) is 0 Å². The van der Waals surface area contributed by atoms with Crippen molar-refractivity contribution in [3.8, 4) is 0 Å². The zero-order valence-corrected chi connectivity index (χ0v) is 12.9. The molecule has 0 radical (unpaired) electrons. The van der Waals surface area contributed by atoms with Gasteiger partial charge < -0.3 is 10.2 Å². The van der Waals surface area contributed by atoms with Gasteiger partial charge in [0.1, 0.15) is 6.04 Å². The molecule has 3 rings (SSSR count). The Morgan fingerprint density at radius 3 is 3.19 bits per heavy atom. The van der Waals surface area contributed by atoms with Crippen LogP contribution in [0.2, 0.25) is 0 Å². The molecule has 2 aliphatic heterocycles. The van der Waals surface area contributed by atoms with Crippen molar-refractivity contribution >= 4 is 23.6 Å². The van der Waals surface area contributed by atoms with Gasteiger partial charge in [-0.05, 0) is 25.5 Å². The number of nitrogens with zero attached hydrogens (tertiary/aromatic N) is 2. The standard InChI is InChI=1S/C15H19N3O2S/c1-15-7-5-13(19)18(15)12(10-21-15)14(20)17-9-6-11-4-2-3-8-16-11/h2-4,8,12H,5-7,9-10H2,1H3,(H,17,20)/t12-,15-/m0/s1. The highest BCUT2D eigenvalue weighted by Crippen LogP contribution is 2.47. The quantitative estimate of drug-likeness (QED) is 0.908. The summed E-state index contributed by atoms with van der Waals surface area (Å²) in [7, 11) is 0.